The topological polar surface area (TPSA) is 32.3 Å². The van der Waals surface area contributed by atoms with E-state index in [-0.39, 0.29) is 5.54 Å². The highest BCUT2D eigenvalue weighted by atomic mass is 16.2. The Morgan fingerprint density at radius 1 is 1.44 bits per heavy atom. The van der Waals surface area contributed by atoms with E-state index in [9.17, 15) is 4.79 Å². The summed E-state index contributed by atoms with van der Waals surface area (Å²) < 4.78 is 0. The van der Waals surface area contributed by atoms with Crippen molar-refractivity contribution >= 4 is 5.91 Å². The zero-order valence-corrected chi connectivity index (χ0v) is 10.6. The van der Waals surface area contributed by atoms with Crippen LogP contribution in [0.2, 0.25) is 0 Å². The average molecular weight is 224 g/mol. The van der Waals surface area contributed by atoms with Crippen LogP contribution in [-0.2, 0) is 4.79 Å². The lowest BCUT2D eigenvalue weighted by Gasteiger charge is -2.37. The van der Waals surface area contributed by atoms with Crippen molar-refractivity contribution in [2.24, 2.45) is 5.92 Å². The lowest BCUT2D eigenvalue weighted by atomic mass is 9.82. The standard InChI is InChI=1S/C13H24N2O/c1-13(10-14-2)7-4-8-15(13)12(16)9-11-5-3-6-11/h11,14H,3-10H2,1-2H3. The van der Waals surface area contributed by atoms with Gasteiger partial charge in [0.25, 0.3) is 0 Å². The third-order valence-electron chi connectivity index (χ3n) is 4.30. The Morgan fingerprint density at radius 3 is 2.75 bits per heavy atom. The second-order valence-corrected chi connectivity index (χ2v) is 5.68. The number of likely N-dealkylation sites (tertiary alicyclic amines) is 1. The van der Waals surface area contributed by atoms with Gasteiger partial charge in [-0.15, -0.1) is 0 Å². The molecule has 1 amide bonds. The van der Waals surface area contributed by atoms with Crippen LogP contribution in [0.3, 0.4) is 0 Å². The van der Waals surface area contributed by atoms with E-state index in [1.807, 2.05) is 7.05 Å². The molecule has 1 aliphatic carbocycles. The largest absolute Gasteiger partial charge is 0.336 e. The normalized spacial score (nSPS) is 30.5. The lowest BCUT2D eigenvalue weighted by Crippen LogP contribution is -2.51. The summed E-state index contributed by atoms with van der Waals surface area (Å²) in [5.41, 5.74) is 0.0651. The van der Waals surface area contributed by atoms with E-state index < -0.39 is 0 Å². The summed E-state index contributed by atoms with van der Waals surface area (Å²) in [6.07, 6.45) is 6.95. The Morgan fingerprint density at radius 2 is 2.19 bits per heavy atom. The van der Waals surface area contributed by atoms with Crippen LogP contribution < -0.4 is 5.32 Å². The van der Waals surface area contributed by atoms with E-state index in [0.29, 0.717) is 11.8 Å². The van der Waals surface area contributed by atoms with Gasteiger partial charge in [-0.25, -0.2) is 0 Å². The molecule has 0 aromatic rings. The van der Waals surface area contributed by atoms with Gasteiger partial charge in [0.05, 0.1) is 5.54 Å². The van der Waals surface area contributed by atoms with Gasteiger partial charge in [0.2, 0.25) is 5.91 Å². The fraction of sp³-hybridized carbons (Fsp3) is 0.923. The Bertz CT molecular complexity index is 263. The zero-order valence-electron chi connectivity index (χ0n) is 10.6. The van der Waals surface area contributed by atoms with Gasteiger partial charge in [0, 0.05) is 19.5 Å². The van der Waals surface area contributed by atoms with E-state index in [0.717, 1.165) is 32.4 Å². The van der Waals surface area contributed by atoms with Crippen molar-refractivity contribution in [1.82, 2.24) is 10.2 Å². The first kappa shape index (κ1) is 11.9. The molecular formula is C13H24N2O. The van der Waals surface area contributed by atoms with Crippen LogP contribution in [0.1, 0.15) is 45.4 Å². The second kappa shape index (κ2) is 4.74. The maximum atomic E-state index is 12.2. The summed E-state index contributed by atoms with van der Waals surface area (Å²) in [7, 11) is 1.97. The number of likely N-dealkylation sites (N-methyl/N-ethyl adjacent to an activating group) is 1. The first-order valence-corrected chi connectivity index (χ1v) is 6.61. The molecule has 2 rings (SSSR count). The Labute approximate surface area is 98.6 Å². The number of hydrogen-bond donors (Lipinski definition) is 1. The Balaban J connectivity index is 1.92. The van der Waals surface area contributed by atoms with Crippen molar-refractivity contribution in [1.29, 1.82) is 0 Å². The van der Waals surface area contributed by atoms with E-state index in [1.54, 1.807) is 0 Å². The molecule has 2 aliphatic rings. The highest BCUT2D eigenvalue weighted by molar-refractivity contribution is 5.77. The molecule has 0 radical (unpaired) electrons. The zero-order chi connectivity index (χ0) is 11.6. The number of nitrogens with zero attached hydrogens (tertiary/aromatic N) is 1. The molecule has 1 atom stereocenters. The molecule has 0 bridgehead atoms. The van der Waals surface area contributed by atoms with Crippen molar-refractivity contribution in [2.45, 2.75) is 51.0 Å². The summed E-state index contributed by atoms with van der Waals surface area (Å²) in [4.78, 5) is 14.4. The van der Waals surface area contributed by atoms with Crippen LogP contribution in [-0.4, -0.2) is 36.5 Å². The summed E-state index contributed by atoms with van der Waals surface area (Å²) in [6.45, 7) is 4.10. The van der Waals surface area contributed by atoms with Crippen molar-refractivity contribution in [3.8, 4) is 0 Å². The molecule has 0 aromatic carbocycles. The first-order valence-electron chi connectivity index (χ1n) is 6.61. The highest BCUT2D eigenvalue weighted by Gasteiger charge is 2.39. The van der Waals surface area contributed by atoms with Crippen molar-refractivity contribution in [3.63, 3.8) is 0 Å². The van der Waals surface area contributed by atoms with Crippen LogP contribution in [0, 0.1) is 5.92 Å². The number of carbonyl (C=O) groups is 1. The minimum atomic E-state index is 0.0651. The van der Waals surface area contributed by atoms with E-state index in [2.05, 4.69) is 17.1 Å². The summed E-state index contributed by atoms with van der Waals surface area (Å²) in [6, 6.07) is 0. The molecule has 1 aliphatic heterocycles. The number of amides is 1. The van der Waals surface area contributed by atoms with Gasteiger partial charge in [-0.1, -0.05) is 6.42 Å². The summed E-state index contributed by atoms with van der Waals surface area (Å²) in [5, 5.41) is 3.22. The SMILES string of the molecule is CNCC1(C)CCCN1C(=O)CC1CCC1. The monoisotopic (exact) mass is 224 g/mol. The van der Waals surface area contributed by atoms with Crippen LogP contribution in [0.15, 0.2) is 0 Å². The molecule has 1 saturated carbocycles. The van der Waals surface area contributed by atoms with Gasteiger partial charge in [0.1, 0.15) is 0 Å². The maximum Gasteiger partial charge on any atom is 0.223 e. The first-order chi connectivity index (χ1) is 7.65. The van der Waals surface area contributed by atoms with E-state index >= 15 is 0 Å². The highest BCUT2D eigenvalue weighted by Crippen LogP contribution is 2.34. The summed E-state index contributed by atoms with van der Waals surface area (Å²) in [5.74, 6) is 1.08. The maximum absolute atomic E-state index is 12.2. The molecule has 1 heterocycles. The second-order valence-electron chi connectivity index (χ2n) is 5.68. The van der Waals surface area contributed by atoms with Crippen molar-refractivity contribution in [3.05, 3.63) is 0 Å². The molecule has 1 unspecified atom stereocenters. The lowest BCUT2D eigenvalue weighted by molar-refractivity contribution is -0.136. The fourth-order valence-electron chi connectivity index (χ4n) is 3.07. The molecule has 0 aromatic heterocycles. The molecule has 0 spiro atoms. The molecular weight excluding hydrogens is 200 g/mol. The number of rotatable bonds is 4. The van der Waals surface area contributed by atoms with Crippen LogP contribution >= 0.6 is 0 Å². The third-order valence-corrected chi connectivity index (χ3v) is 4.30. The van der Waals surface area contributed by atoms with Gasteiger partial charge in [-0.05, 0) is 45.6 Å². The van der Waals surface area contributed by atoms with Crippen molar-refractivity contribution < 1.29 is 4.79 Å². The van der Waals surface area contributed by atoms with Crippen LogP contribution in [0.5, 0.6) is 0 Å². The molecule has 1 N–H and O–H groups in total. The molecule has 3 heteroatoms. The number of carbonyl (C=O) groups excluding carboxylic acids is 1. The molecule has 3 nitrogen and oxygen atoms in total. The van der Waals surface area contributed by atoms with Crippen LogP contribution in [0.25, 0.3) is 0 Å². The van der Waals surface area contributed by atoms with E-state index in [1.165, 1.54) is 19.3 Å². The van der Waals surface area contributed by atoms with Crippen molar-refractivity contribution in [2.75, 3.05) is 20.1 Å². The average Bonchev–Trinajstić information content (AvgIpc) is 2.54. The third kappa shape index (κ3) is 2.24. The Hall–Kier alpha value is -0.570. The Kier molecular flexibility index (Phi) is 3.53. The van der Waals surface area contributed by atoms with E-state index in [4.69, 9.17) is 0 Å². The van der Waals surface area contributed by atoms with Gasteiger partial charge in [-0.3, -0.25) is 4.79 Å². The smallest absolute Gasteiger partial charge is 0.223 e. The molecule has 1 saturated heterocycles. The minimum Gasteiger partial charge on any atom is -0.336 e. The predicted molar refractivity (Wildman–Crippen MR) is 65.2 cm³/mol. The van der Waals surface area contributed by atoms with Gasteiger partial charge < -0.3 is 10.2 Å². The quantitative estimate of drug-likeness (QED) is 0.789. The van der Waals surface area contributed by atoms with Gasteiger partial charge in [0.15, 0.2) is 0 Å². The van der Waals surface area contributed by atoms with Crippen LogP contribution in [0.4, 0.5) is 0 Å². The fourth-order valence-corrected chi connectivity index (χ4v) is 3.07. The van der Waals surface area contributed by atoms with Gasteiger partial charge in [-0.2, -0.15) is 0 Å². The molecule has 16 heavy (non-hydrogen) atoms. The number of hydrogen-bond acceptors (Lipinski definition) is 2. The molecule has 2 fully saturated rings. The molecule has 92 valence electrons. The minimum absolute atomic E-state index is 0.0651. The number of nitrogens with one attached hydrogen (secondary N) is 1. The predicted octanol–water partition coefficient (Wildman–Crippen LogP) is 1.78. The summed E-state index contributed by atoms with van der Waals surface area (Å²) >= 11 is 0. The van der Waals surface area contributed by atoms with Gasteiger partial charge >= 0.3 is 0 Å².